The molecule has 0 aromatic heterocycles. The second-order valence-electron chi connectivity index (χ2n) is 13.7. The molecule has 0 N–H and O–H groups in total. The molecule has 6 rings (SSSR count). The van der Waals surface area contributed by atoms with E-state index in [9.17, 15) is 0 Å². The van der Waals surface area contributed by atoms with Crippen LogP contribution in [0.25, 0.3) is 34.4 Å². The van der Waals surface area contributed by atoms with Gasteiger partial charge < -0.3 is 0 Å². The van der Waals surface area contributed by atoms with Crippen molar-refractivity contribution in [3.05, 3.63) is 129 Å². The van der Waals surface area contributed by atoms with Crippen LogP contribution in [0.2, 0.25) is 22.5 Å². The van der Waals surface area contributed by atoms with Gasteiger partial charge in [0.05, 0.1) is 0 Å². The Morgan fingerprint density at radius 3 is 1.27 bits per heavy atom. The van der Waals surface area contributed by atoms with Gasteiger partial charge in [0.25, 0.3) is 0 Å². The van der Waals surface area contributed by atoms with Gasteiger partial charge in [-0.25, -0.2) is 0 Å². The van der Waals surface area contributed by atoms with Crippen molar-refractivity contribution in [2.24, 2.45) is 0 Å². The van der Waals surface area contributed by atoms with Crippen LogP contribution in [-0.2, 0) is 17.1 Å². The van der Waals surface area contributed by atoms with Crippen LogP contribution >= 0.6 is 0 Å². The Hall–Kier alpha value is -2.55. The molecule has 0 fully saturated rings. The van der Waals surface area contributed by atoms with Crippen molar-refractivity contribution in [1.82, 2.24) is 0 Å². The number of hydrogen-bond acceptors (Lipinski definition) is 0. The first-order valence-corrected chi connectivity index (χ1v) is 34.0. The van der Waals surface area contributed by atoms with Gasteiger partial charge >= 0.3 is 244 Å². The molecule has 0 bridgehead atoms. The van der Waals surface area contributed by atoms with Crippen molar-refractivity contribution < 1.29 is 17.1 Å². The standard InChI is InChI=1S/2C17H15.C2H6Si.2CH3.Hf/c2*1-12-9-13(2)11-15(10-12)17-8-4-6-14-5-3-7-16(14)17;1-3-2;;;/h2*3-11H,1-2H3;1-2H3;2*1H3;. The SMILES string of the molecule is Cc1cc(C)cc(-c2cccc3c2C=C[CH]3[Hf]([CH3])([CH3])([CH]2C=Cc3c(-c4cc(C)cc(C)c4)cccc32)=[Si](C)C)c1. The zero-order valence-corrected chi connectivity index (χ0v) is 30.0. The summed E-state index contributed by atoms with van der Waals surface area (Å²) in [5.74, 6) is 0. The van der Waals surface area contributed by atoms with Gasteiger partial charge in [0.1, 0.15) is 0 Å². The predicted molar refractivity (Wildman–Crippen MR) is 175 cm³/mol. The molecule has 2 heteroatoms. The summed E-state index contributed by atoms with van der Waals surface area (Å²) in [4.78, 5) is 0. The summed E-state index contributed by atoms with van der Waals surface area (Å²) in [6.07, 6.45) is 10.2. The topological polar surface area (TPSA) is 0 Å². The molecule has 0 aliphatic heterocycles. The third-order valence-electron chi connectivity index (χ3n) is 10.4. The van der Waals surface area contributed by atoms with Gasteiger partial charge in [-0.05, 0) is 0 Å². The van der Waals surface area contributed by atoms with Gasteiger partial charge in [0.15, 0.2) is 0 Å². The Kier molecular flexibility index (Phi) is 6.75. The van der Waals surface area contributed by atoms with Crippen LogP contribution in [0.15, 0.2) is 84.9 Å². The van der Waals surface area contributed by atoms with E-state index in [2.05, 4.69) is 147 Å². The number of rotatable bonds is 4. The molecule has 0 spiro atoms. The van der Waals surface area contributed by atoms with E-state index in [1.807, 2.05) is 0 Å². The Morgan fingerprint density at radius 1 is 0.550 bits per heavy atom. The summed E-state index contributed by atoms with van der Waals surface area (Å²) >= 11 is -3.69. The van der Waals surface area contributed by atoms with Gasteiger partial charge in [-0.3, -0.25) is 0 Å². The van der Waals surface area contributed by atoms with Gasteiger partial charge in [0.2, 0.25) is 0 Å². The van der Waals surface area contributed by atoms with Crippen LogP contribution in [0.5, 0.6) is 0 Å². The van der Waals surface area contributed by atoms with E-state index in [0.29, 0.717) is 7.35 Å². The first-order chi connectivity index (χ1) is 19.0. The van der Waals surface area contributed by atoms with Crippen LogP contribution in [0.3, 0.4) is 0 Å². The summed E-state index contributed by atoms with van der Waals surface area (Å²) < 4.78 is 6.75. The molecule has 0 nitrogen and oxygen atoms in total. The zero-order chi connectivity index (χ0) is 28.4. The van der Waals surface area contributed by atoms with Gasteiger partial charge in [-0.15, -0.1) is 0 Å². The molecule has 4 aromatic rings. The first-order valence-electron chi connectivity index (χ1n) is 14.8. The van der Waals surface area contributed by atoms with E-state index in [1.165, 1.54) is 55.6 Å². The third-order valence-corrected chi connectivity index (χ3v) is 70.0. The molecule has 4 aromatic carbocycles. The minimum absolute atomic E-state index is 0.562. The van der Waals surface area contributed by atoms with Crippen molar-refractivity contribution in [2.45, 2.75) is 57.5 Å². The molecule has 0 saturated heterocycles. The van der Waals surface area contributed by atoms with E-state index in [1.54, 1.807) is 11.1 Å². The minimum atomic E-state index is -3.69. The molecule has 0 amide bonds. The maximum atomic E-state index is 2.81. The van der Waals surface area contributed by atoms with Crippen molar-refractivity contribution in [2.75, 3.05) is 0 Å². The number of allylic oxidation sites excluding steroid dienone is 2. The van der Waals surface area contributed by atoms with E-state index in [4.69, 9.17) is 0 Å². The third kappa shape index (κ3) is 4.25. The molecular formula is C38H42HfSi. The number of fused-ring (bicyclic) bond motifs is 2. The van der Waals surface area contributed by atoms with Gasteiger partial charge in [0, 0.05) is 0 Å². The van der Waals surface area contributed by atoms with Crippen molar-refractivity contribution in [1.29, 1.82) is 0 Å². The molecule has 202 valence electrons. The fourth-order valence-corrected chi connectivity index (χ4v) is 41.6. The van der Waals surface area contributed by atoms with E-state index >= 15 is 0 Å². The summed E-state index contributed by atoms with van der Waals surface area (Å²) in [5, 5.41) is 0. The van der Waals surface area contributed by atoms with E-state index in [-0.39, 0.29) is 0 Å². The molecule has 0 saturated carbocycles. The molecule has 0 radical (unpaired) electrons. The zero-order valence-electron chi connectivity index (χ0n) is 25.4. The molecule has 2 aliphatic carbocycles. The van der Waals surface area contributed by atoms with Gasteiger partial charge in [-0.1, -0.05) is 0 Å². The Bertz CT molecular complexity index is 1660. The fraction of sp³-hybridized carbons (Fsp3) is 0.263. The van der Waals surface area contributed by atoms with Crippen molar-refractivity contribution >= 4 is 17.6 Å². The van der Waals surface area contributed by atoms with Crippen molar-refractivity contribution in [3.8, 4) is 22.3 Å². The fourth-order valence-electron chi connectivity index (χ4n) is 7.80. The van der Waals surface area contributed by atoms with Crippen molar-refractivity contribution in [3.63, 3.8) is 0 Å². The first kappa shape index (κ1) is 27.6. The monoisotopic (exact) mass is 706 g/mol. The quantitative estimate of drug-likeness (QED) is 0.186. The maximum absolute atomic E-state index is 3.69. The Morgan fingerprint density at radius 2 is 0.925 bits per heavy atom. The summed E-state index contributed by atoms with van der Waals surface area (Å²) in [7, 11) is 0. The van der Waals surface area contributed by atoms with Crippen LogP contribution in [0.4, 0.5) is 0 Å². The van der Waals surface area contributed by atoms with Crippen LogP contribution in [0.1, 0.15) is 51.9 Å². The van der Waals surface area contributed by atoms with E-state index < -0.39 is 22.6 Å². The van der Waals surface area contributed by atoms with Crippen LogP contribution < -0.4 is 0 Å². The molecular weight excluding hydrogens is 663 g/mol. The van der Waals surface area contributed by atoms with Crippen LogP contribution in [-0.4, -0.2) is 5.49 Å². The second-order valence-corrected chi connectivity index (χ2v) is 62.6. The number of aryl methyl sites for hydroxylation is 4. The molecule has 2 unspecified atom stereocenters. The predicted octanol–water partition coefficient (Wildman–Crippen LogP) is 11.1. The van der Waals surface area contributed by atoms with Gasteiger partial charge in [-0.2, -0.15) is 0 Å². The summed E-state index contributed by atoms with van der Waals surface area (Å²) in [6.45, 7) is 14.1. The number of hydrogen-bond donors (Lipinski definition) is 0. The summed E-state index contributed by atoms with van der Waals surface area (Å²) in [5.41, 5.74) is 16.3. The van der Waals surface area contributed by atoms with E-state index in [0.717, 1.165) is 0 Å². The average Bonchev–Trinajstić information content (AvgIpc) is 3.53. The molecule has 0 heterocycles. The number of benzene rings is 4. The Balaban J connectivity index is 1.51. The molecule has 2 aliphatic rings. The molecule has 40 heavy (non-hydrogen) atoms. The summed E-state index contributed by atoms with van der Waals surface area (Å²) in [6, 6.07) is 28.2. The molecule has 2 atom stereocenters. The average molecular weight is 705 g/mol. The van der Waals surface area contributed by atoms with Crippen LogP contribution in [0, 0.1) is 27.7 Å². The Labute approximate surface area is 242 Å². The second kappa shape index (κ2) is 9.77. The normalized spacial score (nSPS) is 17.7.